The SMILES string of the molecule is FC(F)(F)c1cc(Cl)ccc1Nc1nccc(N2CCOCC2)n1. The van der Waals surface area contributed by atoms with Gasteiger partial charge >= 0.3 is 6.18 Å². The van der Waals surface area contributed by atoms with Gasteiger partial charge in [0.1, 0.15) is 5.82 Å². The Kier molecular flexibility index (Phi) is 4.77. The Morgan fingerprint density at radius 1 is 1.17 bits per heavy atom. The number of ether oxygens (including phenoxy) is 1. The third-order valence-corrected chi connectivity index (χ3v) is 3.74. The molecule has 0 unspecified atom stereocenters. The Morgan fingerprint density at radius 3 is 2.62 bits per heavy atom. The summed E-state index contributed by atoms with van der Waals surface area (Å²) in [6, 6.07) is 5.22. The van der Waals surface area contributed by atoms with Crippen molar-refractivity contribution in [3.05, 3.63) is 41.0 Å². The maximum absolute atomic E-state index is 13.1. The van der Waals surface area contributed by atoms with Crippen LogP contribution in [0.2, 0.25) is 5.02 Å². The summed E-state index contributed by atoms with van der Waals surface area (Å²) in [5, 5.41) is 2.64. The van der Waals surface area contributed by atoms with E-state index in [9.17, 15) is 13.2 Å². The summed E-state index contributed by atoms with van der Waals surface area (Å²) in [5.74, 6) is 0.727. The van der Waals surface area contributed by atoms with Crippen molar-refractivity contribution < 1.29 is 17.9 Å². The van der Waals surface area contributed by atoms with Crippen LogP contribution in [0.4, 0.5) is 30.6 Å². The molecule has 1 aromatic heterocycles. The van der Waals surface area contributed by atoms with Crippen molar-refractivity contribution in [2.45, 2.75) is 6.18 Å². The smallest absolute Gasteiger partial charge is 0.378 e. The van der Waals surface area contributed by atoms with E-state index in [0.29, 0.717) is 32.1 Å². The van der Waals surface area contributed by atoms with Crippen molar-refractivity contribution in [2.75, 3.05) is 36.5 Å². The number of nitrogens with zero attached hydrogens (tertiary/aromatic N) is 3. The van der Waals surface area contributed by atoms with Gasteiger partial charge in [-0.05, 0) is 24.3 Å². The van der Waals surface area contributed by atoms with Crippen LogP contribution in [0.5, 0.6) is 0 Å². The van der Waals surface area contributed by atoms with Gasteiger partial charge in [-0.1, -0.05) is 11.6 Å². The highest BCUT2D eigenvalue weighted by Crippen LogP contribution is 2.37. The monoisotopic (exact) mass is 358 g/mol. The first-order valence-corrected chi connectivity index (χ1v) is 7.61. The number of nitrogens with one attached hydrogen (secondary N) is 1. The predicted molar refractivity (Wildman–Crippen MR) is 84.8 cm³/mol. The fraction of sp³-hybridized carbons (Fsp3) is 0.333. The lowest BCUT2D eigenvalue weighted by Crippen LogP contribution is -2.36. The molecule has 0 amide bonds. The summed E-state index contributed by atoms with van der Waals surface area (Å²) in [5.41, 5.74) is -1.01. The molecule has 0 saturated carbocycles. The number of hydrogen-bond acceptors (Lipinski definition) is 5. The quantitative estimate of drug-likeness (QED) is 0.906. The van der Waals surface area contributed by atoms with Crippen molar-refractivity contribution in [1.82, 2.24) is 9.97 Å². The minimum atomic E-state index is -4.53. The van der Waals surface area contributed by atoms with E-state index >= 15 is 0 Å². The lowest BCUT2D eigenvalue weighted by molar-refractivity contribution is -0.136. The number of alkyl halides is 3. The summed E-state index contributed by atoms with van der Waals surface area (Å²) >= 11 is 5.68. The van der Waals surface area contributed by atoms with Crippen molar-refractivity contribution in [3.63, 3.8) is 0 Å². The Balaban J connectivity index is 1.86. The second-order valence-electron chi connectivity index (χ2n) is 5.15. The summed E-state index contributed by atoms with van der Waals surface area (Å²) in [6.07, 6.45) is -3.03. The molecule has 1 saturated heterocycles. The molecule has 0 atom stereocenters. The zero-order valence-electron chi connectivity index (χ0n) is 12.5. The van der Waals surface area contributed by atoms with Gasteiger partial charge in [0, 0.05) is 24.3 Å². The van der Waals surface area contributed by atoms with E-state index in [0.717, 1.165) is 6.07 Å². The van der Waals surface area contributed by atoms with E-state index in [1.807, 2.05) is 4.90 Å². The van der Waals surface area contributed by atoms with Crippen molar-refractivity contribution in [3.8, 4) is 0 Å². The molecule has 0 aliphatic carbocycles. The lowest BCUT2D eigenvalue weighted by Gasteiger charge is -2.27. The fourth-order valence-corrected chi connectivity index (χ4v) is 2.53. The van der Waals surface area contributed by atoms with Crippen LogP contribution in [0, 0.1) is 0 Å². The molecule has 128 valence electrons. The van der Waals surface area contributed by atoms with E-state index in [1.165, 1.54) is 18.3 Å². The van der Waals surface area contributed by atoms with Crippen LogP contribution >= 0.6 is 11.6 Å². The van der Waals surface area contributed by atoms with Gasteiger partial charge in [-0.2, -0.15) is 18.2 Å². The maximum atomic E-state index is 13.1. The zero-order chi connectivity index (χ0) is 17.2. The molecule has 0 spiro atoms. The molecule has 0 bridgehead atoms. The molecule has 1 aromatic carbocycles. The van der Waals surface area contributed by atoms with E-state index in [4.69, 9.17) is 16.3 Å². The topological polar surface area (TPSA) is 50.3 Å². The van der Waals surface area contributed by atoms with Crippen molar-refractivity contribution in [1.29, 1.82) is 0 Å². The molecule has 2 heterocycles. The van der Waals surface area contributed by atoms with Crippen LogP contribution in [0.3, 0.4) is 0 Å². The number of anilines is 3. The summed E-state index contributed by atoms with van der Waals surface area (Å²) < 4.78 is 44.7. The van der Waals surface area contributed by atoms with Gasteiger partial charge in [0.05, 0.1) is 24.5 Å². The number of aromatic nitrogens is 2. The number of benzene rings is 1. The first-order chi connectivity index (χ1) is 11.4. The van der Waals surface area contributed by atoms with Gasteiger partial charge in [0.25, 0.3) is 0 Å². The molecule has 5 nitrogen and oxygen atoms in total. The third kappa shape index (κ3) is 3.88. The first-order valence-electron chi connectivity index (χ1n) is 7.23. The summed E-state index contributed by atoms with van der Waals surface area (Å²) in [7, 11) is 0. The van der Waals surface area contributed by atoms with Crippen molar-refractivity contribution >= 4 is 29.1 Å². The molecule has 1 aliphatic rings. The Labute approximate surface area is 141 Å². The van der Waals surface area contributed by atoms with Gasteiger partial charge in [0.15, 0.2) is 0 Å². The second kappa shape index (κ2) is 6.82. The zero-order valence-corrected chi connectivity index (χ0v) is 13.2. The Bertz CT molecular complexity index is 720. The first kappa shape index (κ1) is 16.8. The van der Waals surface area contributed by atoms with Crippen LogP contribution in [0.1, 0.15) is 5.56 Å². The van der Waals surface area contributed by atoms with Gasteiger partial charge in [-0.15, -0.1) is 0 Å². The molecule has 1 aliphatic heterocycles. The van der Waals surface area contributed by atoms with Gasteiger partial charge in [-0.3, -0.25) is 0 Å². The third-order valence-electron chi connectivity index (χ3n) is 3.51. The molecule has 2 aromatic rings. The van der Waals surface area contributed by atoms with Gasteiger partial charge < -0.3 is 15.0 Å². The fourth-order valence-electron chi connectivity index (χ4n) is 2.36. The normalized spacial score (nSPS) is 15.4. The van der Waals surface area contributed by atoms with Crippen molar-refractivity contribution in [2.24, 2.45) is 0 Å². The van der Waals surface area contributed by atoms with Crippen LogP contribution in [-0.2, 0) is 10.9 Å². The molecule has 3 rings (SSSR count). The predicted octanol–water partition coefficient (Wildman–Crippen LogP) is 3.73. The van der Waals surface area contributed by atoms with Crippen LogP contribution in [0.25, 0.3) is 0 Å². The molecule has 1 N–H and O–H groups in total. The van der Waals surface area contributed by atoms with E-state index < -0.39 is 11.7 Å². The highest BCUT2D eigenvalue weighted by Gasteiger charge is 2.34. The van der Waals surface area contributed by atoms with E-state index in [2.05, 4.69) is 15.3 Å². The summed E-state index contributed by atoms with van der Waals surface area (Å²) in [6.45, 7) is 2.51. The van der Waals surface area contributed by atoms with Gasteiger partial charge in [-0.25, -0.2) is 4.98 Å². The highest BCUT2D eigenvalue weighted by molar-refractivity contribution is 6.30. The average molecular weight is 359 g/mol. The van der Waals surface area contributed by atoms with Gasteiger partial charge in [0.2, 0.25) is 5.95 Å². The summed E-state index contributed by atoms with van der Waals surface area (Å²) in [4.78, 5) is 10.3. The molecule has 24 heavy (non-hydrogen) atoms. The molecule has 9 heteroatoms. The van der Waals surface area contributed by atoms with Crippen LogP contribution in [0.15, 0.2) is 30.5 Å². The molecular formula is C15H14ClF3N4O. The minimum Gasteiger partial charge on any atom is -0.378 e. The van der Waals surface area contributed by atoms with E-state index in [1.54, 1.807) is 6.07 Å². The highest BCUT2D eigenvalue weighted by atomic mass is 35.5. The number of rotatable bonds is 3. The largest absolute Gasteiger partial charge is 0.418 e. The Hall–Kier alpha value is -2.06. The lowest BCUT2D eigenvalue weighted by atomic mass is 10.1. The standard InChI is InChI=1S/C15H14ClF3N4O/c16-10-1-2-12(11(9-10)15(17,18)19)21-14-20-4-3-13(22-14)23-5-7-24-8-6-23/h1-4,9H,5-8H2,(H,20,21,22). The van der Waals surface area contributed by atoms with E-state index in [-0.39, 0.29) is 16.7 Å². The molecule has 0 radical (unpaired) electrons. The van der Waals surface area contributed by atoms with Crippen LogP contribution < -0.4 is 10.2 Å². The maximum Gasteiger partial charge on any atom is 0.418 e. The number of halogens is 4. The average Bonchev–Trinajstić information content (AvgIpc) is 2.57. The second-order valence-corrected chi connectivity index (χ2v) is 5.59. The molecular weight excluding hydrogens is 345 g/mol. The van der Waals surface area contributed by atoms with Crippen LogP contribution in [-0.4, -0.2) is 36.3 Å². The minimum absolute atomic E-state index is 0.0101. The number of hydrogen-bond donors (Lipinski definition) is 1. The number of morpholine rings is 1. The molecule has 1 fully saturated rings. The Morgan fingerprint density at radius 2 is 1.92 bits per heavy atom.